The highest BCUT2D eigenvalue weighted by Gasteiger charge is 2.03. The molecule has 0 fully saturated rings. The molecule has 2 heteroatoms. The zero-order valence-corrected chi connectivity index (χ0v) is 7.05. The van der Waals surface area contributed by atoms with E-state index in [1.807, 2.05) is 12.1 Å². The molecule has 0 radical (unpaired) electrons. The fourth-order valence-corrected chi connectivity index (χ4v) is 1.05. The topological polar surface area (TPSA) is 32.9 Å². The number of hydrogen-bond acceptors (Lipinski definition) is 1. The van der Waals surface area contributed by atoms with Gasteiger partial charge in [-0.15, -0.1) is 6.58 Å². The van der Waals surface area contributed by atoms with E-state index in [1.165, 1.54) is 0 Å². The summed E-state index contributed by atoms with van der Waals surface area (Å²) in [5.41, 5.74) is 0.707. The Labute approximate surface area is 72.3 Å². The normalized spacial score (nSPS) is 9.67. The van der Waals surface area contributed by atoms with Crippen molar-refractivity contribution in [3.05, 3.63) is 36.7 Å². The number of unbranched alkanes of at least 4 members (excludes halogenated alkanes) is 1. The lowest BCUT2D eigenvalue weighted by atomic mass is 10.1. The molecule has 0 bridgehead atoms. The molecule has 0 saturated heterocycles. The number of H-pyrrole nitrogens is 1. The van der Waals surface area contributed by atoms with Crippen molar-refractivity contribution in [2.75, 3.05) is 0 Å². The van der Waals surface area contributed by atoms with Gasteiger partial charge in [-0.05, 0) is 25.0 Å². The Morgan fingerprint density at radius 2 is 2.50 bits per heavy atom. The fraction of sp³-hybridized carbons (Fsp3) is 0.300. The van der Waals surface area contributed by atoms with Crippen LogP contribution < -0.4 is 0 Å². The van der Waals surface area contributed by atoms with Gasteiger partial charge in [0.25, 0.3) is 0 Å². The van der Waals surface area contributed by atoms with E-state index < -0.39 is 0 Å². The van der Waals surface area contributed by atoms with Gasteiger partial charge < -0.3 is 4.98 Å². The molecule has 0 amide bonds. The average Bonchev–Trinajstić information content (AvgIpc) is 2.56. The Morgan fingerprint density at radius 1 is 1.67 bits per heavy atom. The first-order chi connectivity index (χ1) is 5.84. The number of allylic oxidation sites excluding steroid dienone is 1. The van der Waals surface area contributed by atoms with Gasteiger partial charge >= 0.3 is 0 Å². The highest BCUT2D eigenvalue weighted by atomic mass is 16.1. The van der Waals surface area contributed by atoms with Crippen LogP contribution in [0, 0.1) is 0 Å². The van der Waals surface area contributed by atoms with Gasteiger partial charge in [-0.25, -0.2) is 0 Å². The molecule has 0 aliphatic heterocycles. The lowest BCUT2D eigenvalue weighted by Gasteiger charge is -1.94. The quantitative estimate of drug-likeness (QED) is 0.404. The molecule has 0 atom stereocenters. The molecule has 1 aromatic rings. The zero-order chi connectivity index (χ0) is 8.81. The van der Waals surface area contributed by atoms with E-state index in [4.69, 9.17) is 0 Å². The molecule has 0 aromatic carbocycles. The van der Waals surface area contributed by atoms with Crippen LogP contribution in [0.15, 0.2) is 31.0 Å². The monoisotopic (exact) mass is 163 g/mol. The molecule has 12 heavy (non-hydrogen) atoms. The van der Waals surface area contributed by atoms with Crippen LogP contribution in [-0.4, -0.2) is 10.8 Å². The number of hydrogen-bond donors (Lipinski definition) is 1. The van der Waals surface area contributed by atoms with E-state index in [2.05, 4.69) is 11.6 Å². The molecule has 0 unspecified atom stereocenters. The summed E-state index contributed by atoms with van der Waals surface area (Å²) >= 11 is 0. The van der Waals surface area contributed by atoms with Gasteiger partial charge in [-0.1, -0.05) is 6.08 Å². The molecular weight excluding hydrogens is 150 g/mol. The van der Waals surface area contributed by atoms with Crippen molar-refractivity contribution in [2.24, 2.45) is 0 Å². The first-order valence-electron chi connectivity index (χ1n) is 4.12. The highest BCUT2D eigenvalue weighted by molar-refractivity contribution is 5.94. The van der Waals surface area contributed by atoms with E-state index >= 15 is 0 Å². The van der Waals surface area contributed by atoms with Gasteiger partial charge in [0.05, 0.1) is 5.69 Å². The Balaban J connectivity index is 2.34. The van der Waals surface area contributed by atoms with Crippen molar-refractivity contribution in [2.45, 2.75) is 19.3 Å². The number of carbonyl (C=O) groups is 1. The number of ketones is 1. The minimum atomic E-state index is 0.182. The smallest absolute Gasteiger partial charge is 0.179 e. The van der Waals surface area contributed by atoms with Gasteiger partial charge in [0.2, 0.25) is 0 Å². The third-order valence-corrected chi connectivity index (χ3v) is 1.71. The Hall–Kier alpha value is -1.31. The second-order valence-corrected chi connectivity index (χ2v) is 2.69. The van der Waals surface area contributed by atoms with Crippen molar-refractivity contribution in [3.63, 3.8) is 0 Å². The van der Waals surface area contributed by atoms with Crippen LogP contribution in [0.4, 0.5) is 0 Å². The minimum Gasteiger partial charge on any atom is -0.359 e. The Bertz CT molecular complexity index is 249. The van der Waals surface area contributed by atoms with E-state index in [9.17, 15) is 4.79 Å². The number of carbonyl (C=O) groups excluding carboxylic acids is 1. The van der Waals surface area contributed by atoms with Crippen molar-refractivity contribution < 1.29 is 4.79 Å². The van der Waals surface area contributed by atoms with Gasteiger partial charge in [0.1, 0.15) is 0 Å². The number of nitrogens with one attached hydrogen (secondary N) is 1. The maximum absolute atomic E-state index is 11.3. The summed E-state index contributed by atoms with van der Waals surface area (Å²) in [6.45, 7) is 3.60. The fourth-order valence-electron chi connectivity index (χ4n) is 1.05. The first-order valence-corrected chi connectivity index (χ1v) is 4.12. The third kappa shape index (κ3) is 2.38. The molecule has 0 aliphatic carbocycles. The largest absolute Gasteiger partial charge is 0.359 e. The second kappa shape index (κ2) is 4.54. The molecule has 1 aromatic heterocycles. The number of Topliss-reactive ketones (excluding diaryl/α,β-unsaturated/α-hetero) is 1. The molecule has 0 aliphatic rings. The number of aromatic amines is 1. The van der Waals surface area contributed by atoms with Crippen LogP contribution in [0.2, 0.25) is 0 Å². The van der Waals surface area contributed by atoms with E-state index in [1.54, 1.807) is 12.3 Å². The maximum atomic E-state index is 11.3. The molecule has 2 nitrogen and oxygen atoms in total. The summed E-state index contributed by atoms with van der Waals surface area (Å²) in [5.74, 6) is 0.182. The van der Waals surface area contributed by atoms with Crippen molar-refractivity contribution >= 4 is 5.78 Å². The average molecular weight is 163 g/mol. The molecule has 64 valence electrons. The standard InChI is InChI=1S/C10H13NO/c1-2-3-4-7-10(12)9-6-5-8-11-9/h2,5-6,8,11H,1,3-4,7H2. The summed E-state index contributed by atoms with van der Waals surface area (Å²) in [5, 5.41) is 0. The SMILES string of the molecule is C=CCCCC(=O)c1ccc[nH]1. The van der Waals surface area contributed by atoms with Crippen molar-refractivity contribution in [1.82, 2.24) is 4.98 Å². The summed E-state index contributed by atoms with van der Waals surface area (Å²) < 4.78 is 0. The summed E-state index contributed by atoms with van der Waals surface area (Å²) in [4.78, 5) is 14.2. The van der Waals surface area contributed by atoms with Gasteiger partial charge in [0, 0.05) is 12.6 Å². The van der Waals surface area contributed by atoms with Crippen LogP contribution in [0.25, 0.3) is 0 Å². The Morgan fingerprint density at radius 3 is 3.08 bits per heavy atom. The summed E-state index contributed by atoms with van der Waals surface area (Å²) in [7, 11) is 0. The van der Waals surface area contributed by atoms with Crippen LogP contribution in [0.3, 0.4) is 0 Å². The van der Waals surface area contributed by atoms with Gasteiger partial charge in [-0.2, -0.15) is 0 Å². The third-order valence-electron chi connectivity index (χ3n) is 1.71. The lowest BCUT2D eigenvalue weighted by Crippen LogP contribution is -1.98. The summed E-state index contributed by atoms with van der Waals surface area (Å²) in [6.07, 6.45) is 6.00. The number of aromatic nitrogens is 1. The second-order valence-electron chi connectivity index (χ2n) is 2.69. The van der Waals surface area contributed by atoms with Crippen LogP contribution in [-0.2, 0) is 0 Å². The van der Waals surface area contributed by atoms with E-state index in [0.717, 1.165) is 12.8 Å². The van der Waals surface area contributed by atoms with E-state index in [0.29, 0.717) is 12.1 Å². The predicted molar refractivity (Wildman–Crippen MR) is 49.2 cm³/mol. The van der Waals surface area contributed by atoms with Crippen LogP contribution in [0.5, 0.6) is 0 Å². The number of rotatable bonds is 5. The van der Waals surface area contributed by atoms with Crippen LogP contribution in [0.1, 0.15) is 29.8 Å². The van der Waals surface area contributed by atoms with Crippen molar-refractivity contribution in [3.8, 4) is 0 Å². The molecule has 1 heterocycles. The van der Waals surface area contributed by atoms with Crippen LogP contribution >= 0.6 is 0 Å². The molecule has 0 saturated carbocycles. The van der Waals surface area contributed by atoms with Crippen molar-refractivity contribution in [1.29, 1.82) is 0 Å². The molecule has 1 rings (SSSR count). The van der Waals surface area contributed by atoms with Gasteiger partial charge in [-0.3, -0.25) is 4.79 Å². The molecular formula is C10H13NO. The Kier molecular flexibility index (Phi) is 3.33. The van der Waals surface area contributed by atoms with E-state index in [-0.39, 0.29) is 5.78 Å². The lowest BCUT2D eigenvalue weighted by molar-refractivity contribution is 0.0976. The maximum Gasteiger partial charge on any atom is 0.179 e. The molecule has 1 N–H and O–H groups in total. The first kappa shape index (κ1) is 8.78. The summed E-state index contributed by atoms with van der Waals surface area (Å²) in [6, 6.07) is 3.64. The zero-order valence-electron chi connectivity index (χ0n) is 7.05. The van der Waals surface area contributed by atoms with Gasteiger partial charge in [0.15, 0.2) is 5.78 Å². The minimum absolute atomic E-state index is 0.182. The molecule has 0 spiro atoms. The highest BCUT2D eigenvalue weighted by Crippen LogP contribution is 2.04. The predicted octanol–water partition coefficient (Wildman–Crippen LogP) is 2.55.